The van der Waals surface area contributed by atoms with Gasteiger partial charge in [0.2, 0.25) is 10.0 Å². The molecule has 10 heteroatoms. The van der Waals surface area contributed by atoms with Crippen LogP contribution in [-0.2, 0) is 10.0 Å². The number of nitrogens with one attached hydrogen (secondary N) is 3. The van der Waals surface area contributed by atoms with Crippen molar-refractivity contribution in [3.05, 3.63) is 42.5 Å². The number of benzene rings is 2. The Morgan fingerprint density at radius 1 is 1.12 bits per heavy atom. The van der Waals surface area contributed by atoms with Crippen molar-refractivity contribution in [3.63, 3.8) is 0 Å². The summed E-state index contributed by atoms with van der Waals surface area (Å²) in [6, 6.07) is 11.7. The van der Waals surface area contributed by atoms with Crippen molar-refractivity contribution < 1.29 is 17.9 Å². The van der Waals surface area contributed by atoms with Gasteiger partial charge in [-0.25, -0.2) is 18.2 Å². The quantitative estimate of drug-likeness (QED) is 0.617. The molecule has 0 fully saturated rings. The molecule has 0 radical (unpaired) electrons. The van der Waals surface area contributed by atoms with Crippen molar-refractivity contribution in [1.82, 2.24) is 4.98 Å². The van der Waals surface area contributed by atoms with Crippen LogP contribution in [0.5, 0.6) is 5.75 Å². The molecule has 3 rings (SSSR count). The molecule has 0 spiro atoms. The number of thiazole rings is 1. The van der Waals surface area contributed by atoms with Crippen LogP contribution in [-0.4, -0.2) is 32.8 Å². The van der Waals surface area contributed by atoms with E-state index in [4.69, 9.17) is 4.74 Å². The van der Waals surface area contributed by atoms with E-state index < -0.39 is 16.1 Å². The standard InChI is InChI=1S/C16H16N4O4S2/c1-24-12-5-3-4-10(8-12)17-15(21)18-11-6-7-14-13(9-11)19-16(25-14)20-26(2,22)23/h3-9H,1-2H3,(H,19,20)(H2,17,18,21). The summed E-state index contributed by atoms with van der Waals surface area (Å²) in [5, 5.41) is 5.70. The maximum atomic E-state index is 12.1. The molecule has 1 aromatic heterocycles. The van der Waals surface area contributed by atoms with E-state index in [1.807, 2.05) is 0 Å². The van der Waals surface area contributed by atoms with Crippen molar-refractivity contribution in [2.75, 3.05) is 28.7 Å². The van der Waals surface area contributed by atoms with E-state index in [0.29, 0.717) is 22.6 Å². The Bertz CT molecular complexity index is 1060. The van der Waals surface area contributed by atoms with Crippen LogP contribution in [0.15, 0.2) is 42.5 Å². The van der Waals surface area contributed by atoms with Crippen molar-refractivity contribution in [3.8, 4) is 5.75 Å². The van der Waals surface area contributed by atoms with E-state index in [2.05, 4.69) is 20.3 Å². The predicted molar refractivity (Wildman–Crippen MR) is 104 cm³/mol. The third kappa shape index (κ3) is 4.61. The topological polar surface area (TPSA) is 109 Å². The van der Waals surface area contributed by atoms with Crippen LogP contribution in [0.1, 0.15) is 0 Å². The molecule has 0 aliphatic rings. The Morgan fingerprint density at radius 3 is 2.54 bits per heavy atom. The van der Waals surface area contributed by atoms with Crippen LogP contribution >= 0.6 is 11.3 Å². The number of urea groups is 1. The summed E-state index contributed by atoms with van der Waals surface area (Å²) in [6.45, 7) is 0. The number of nitrogens with zero attached hydrogens (tertiary/aromatic N) is 1. The molecule has 8 nitrogen and oxygen atoms in total. The van der Waals surface area contributed by atoms with E-state index in [1.54, 1.807) is 49.6 Å². The van der Waals surface area contributed by atoms with Crippen molar-refractivity contribution in [1.29, 1.82) is 0 Å². The average molecular weight is 392 g/mol. The highest BCUT2D eigenvalue weighted by Crippen LogP contribution is 2.28. The molecule has 2 amide bonds. The van der Waals surface area contributed by atoms with Gasteiger partial charge in [-0.2, -0.15) is 0 Å². The molecule has 0 aliphatic carbocycles. The summed E-state index contributed by atoms with van der Waals surface area (Å²) in [4.78, 5) is 16.4. The molecular weight excluding hydrogens is 376 g/mol. The fraction of sp³-hybridized carbons (Fsp3) is 0.125. The van der Waals surface area contributed by atoms with Crippen molar-refractivity contribution >= 4 is 54.1 Å². The lowest BCUT2D eigenvalue weighted by molar-refractivity contribution is 0.262. The lowest BCUT2D eigenvalue weighted by Crippen LogP contribution is -2.19. The number of aromatic nitrogens is 1. The number of fused-ring (bicyclic) bond motifs is 1. The monoisotopic (exact) mass is 392 g/mol. The van der Waals surface area contributed by atoms with Gasteiger partial charge >= 0.3 is 6.03 Å². The second-order valence-electron chi connectivity index (χ2n) is 5.39. The summed E-state index contributed by atoms with van der Waals surface area (Å²) in [6.07, 6.45) is 1.06. The summed E-state index contributed by atoms with van der Waals surface area (Å²) >= 11 is 1.21. The number of carbonyl (C=O) groups excluding carboxylic acids is 1. The molecule has 136 valence electrons. The summed E-state index contributed by atoms with van der Waals surface area (Å²) < 4.78 is 30.8. The number of rotatable bonds is 5. The van der Waals surface area contributed by atoms with Crippen LogP contribution in [0.25, 0.3) is 10.2 Å². The van der Waals surface area contributed by atoms with Gasteiger partial charge in [-0.15, -0.1) is 0 Å². The normalized spacial score (nSPS) is 11.2. The maximum Gasteiger partial charge on any atom is 0.323 e. The minimum absolute atomic E-state index is 0.278. The van der Waals surface area contributed by atoms with Crippen LogP contribution in [0, 0.1) is 0 Å². The average Bonchev–Trinajstić information content (AvgIpc) is 2.94. The molecule has 0 atom stereocenters. The van der Waals surface area contributed by atoms with Gasteiger partial charge in [0.1, 0.15) is 5.75 Å². The molecule has 0 saturated heterocycles. The number of sulfonamides is 1. The number of ether oxygens (including phenoxy) is 1. The smallest absolute Gasteiger partial charge is 0.323 e. The van der Waals surface area contributed by atoms with Crippen LogP contribution < -0.4 is 20.1 Å². The number of carbonyl (C=O) groups is 1. The minimum Gasteiger partial charge on any atom is -0.497 e. The summed E-state index contributed by atoms with van der Waals surface area (Å²) in [5.41, 5.74) is 1.71. The fourth-order valence-corrected chi connectivity index (χ4v) is 3.88. The molecular formula is C16H16N4O4S2. The van der Waals surface area contributed by atoms with Gasteiger partial charge in [-0.1, -0.05) is 17.4 Å². The Morgan fingerprint density at radius 2 is 1.85 bits per heavy atom. The Hall–Kier alpha value is -2.85. The lowest BCUT2D eigenvalue weighted by atomic mass is 10.3. The molecule has 0 unspecified atom stereocenters. The Kier molecular flexibility index (Phi) is 4.96. The highest BCUT2D eigenvalue weighted by atomic mass is 32.2. The molecule has 2 aromatic carbocycles. The molecule has 26 heavy (non-hydrogen) atoms. The first kappa shape index (κ1) is 18.0. The fourth-order valence-electron chi connectivity index (χ4n) is 2.20. The zero-order valence-corrected chi connectivity index (χ0v) is 15.6. The molecule has 0 bridgehead atoms. The van der Waals surface area contributed by atoms with Crippen LogP contribution in [0.4, 0.5) is 21.3 Å². The zero-order valence-electron chi connectivity index (χ0n) is 13.9. The molecule has 3 aromatic rings. The number of amides is 2. The second-order valence-corrected chi connectivity index (χ2v) is 8.17. The molecule has 3 N–H and O–H groups in total. The number of anilines is 3. The van der Waals surface area contributed by atoms with E-state index >= 15 is 0 Å². The minimum atomic E-state index is -3.39. The first-order valence-corrected chi connectivity index (χ1v) is 10.1. The maximum absolute atomic E-state index is 12.1. The highest BCUT2D eigenvalue weighted by Gasteiger charge is 2.10. The molecule has 0 aliphatic heterocycles. The second kappa shape index (κ2) is 7.18. The molecule has 1 heterocycles. The summed E-state index contributed by atoms with van der Waals surface area (Å²) in [5.74, 6) is 0.637. The van der Waals surface area contributed by atoms with Crippen LogP contribution in [0.3, 0.4) is 0 Å². The lowest BCUT2D eigenvalue weighted by Gasteiger charge is -2.08. The third-order valence-corrected chi connectivity index (χ3v) is 4.89. The van der Waals surface area contributed by atoms with Gasteiger partial charge in [-0.05, 0) is 30.3 Å². The van der Waals surface area contributed by atoms with Crippen molar-refractivity contribution in [2.45, 2.75) is 0 Å². The zero-order chi connectivity index (χ0) is 18.7. The van der Waals surface area contributed by atoms with Gasteiger partial charge in [0, 0.05) is 17.4 Å². The first-order chi connectivity index (χ1) is 12.3. The highest BCUT2D eigenvalue weighted by molar-refractivity contribution is 7.92. The van der Waals surface area contributed by atoms with Gasteiger partial charge < -0.3 is 15.4 Å². The van der Waals surface area contributed by atoms with Gasteiger partial charge in [0.25, 0.3) is 0 Å². The number of methoxy groups -OCH3 is 1. The van der Waals surface area contributed by atoms with E-state index in [-0.39, 0.29) is 5.13 Å². The molecule has 0 saturated carbocycles. The van der Waals surface area contributed by atoms with Gasteiger partial charge in [0.05, 0.1) is 23.6 Å². The van der Waals surface area contributed by atoms with E-state index in [0.717, 1.165) is 11.0 Å². The van der Waals surface area contributed by atoms with Gasteiger partial charge in [0.15, 0.2) is 5.13 Å². The summed E-state index contributed by atoms with van der Waals surface area (Å²) in [7, 11) is -1.84. The SMILES string of the molecule is COc1cccc(NC(=O)Nc2ccc3sc(NS(C)(=O)=O)nc3c2)c1. The van der Waals surface area contributed by atoms with E-state index in [1.165, 1.54) is 11.3 Å². The van der Waals surface area contributed by atoms with Crippen molar-refractivity contribution in [2.24, 2.45) is 0 Å². The third-order valence-electron chi connectivity index (χ3n) is 3.25. The van der Waals surface area contributed by atoms with E-state index in [9.17, 15) is 13.2 Å². The largest absolute Gasteiger partial charge is 0.497 e. The van der Waals surface area contributed by atoms with Gasteiger partial charge in [-0.3, -0.25) is 4.72 Å². The van der Waals surface area contributed by atoms with Crippen LogP contribution in [0.2, 0.25) is 0 Å². The Balaban J connectivity index is 1.72. The predicted octanol–water partition coefficient (Wildman–Crippen LogP) is 3.32. The first-order valence-electron chi connectivity index (χ1n) is 7.43. The number of hydrogen-bond donors (Lipinski definition) is 3. The number of hydrogen-bond acceptors (Lipinski definition) is 6. The Labute approximate surface area is 154 Å².